The Morgan fingerprint density at radius 3 is 2.56 bits per heavy atom. The van der Waals surface area contributed by atoms with Gasteiger partial charge in [0.25, 0.3) is 0 Å². The molecule has 1 aliphatic rings. The predicted molar refractivity (Wildman–Crippen MR) is 89.3 cm³/mol. The third-order valence-electron chi connectivity index (χ3n) is 3.73. The molecule has 0 radical (unpaired) electrons. The minimum absolute atomic E-state index is 0.00370. The quantitative estimate of drug-likeness (QED) is 0.592. The monoisotopic (exact) mass is 342 g/mol. The van der Waals surface area contributed by atoms with Crippen molar-refractivity contribution in [3.63, 3.8) is 0 Å². The van der Waals surface area contributed by atoms with Gasteiger partial charge in [0.15, 0.2) is 17.3 Å². The summed E-state index contributed by atoms with van der Waals surface area (Å²) in [5, 5.41) is 0. The van der Waals surface area contributed by atoms with Gasteiger partial charge in [-0.2, -0.15) is 0 Å². The zero-order chi connectivity index (χ0) is 17.8. The molecule has 0 aromatic heterocycles. The van der Waals surface area contributed by atoms with Crippen LogP contribution in [0.4, 0.5) is 0 Å². The van der Waals surface area contributed by atoms with Gasteiger partial charge >= 0.3 is 5.97 Å². The summed E-state index contributed by atoms with van der Waals surface area (Å²) < 4.78 is 21.4. The molecule has 25 heavy (non-hydrogen) atoms. The molecule has 0 fully saturated rings. The number of ketones is 1. The van der Waals surface area contributed by atoms with Crippen molar-refractivity contribution in [1.29, 1.82) is 0 Å². The van der Waals surface area contributed by atoms with Crippen LogP contribution in [0.3, 0.4) is 0 Å². The highest BCUT2D eigenvalue weighted by molar-refractivity contribution is 5.94. The first-order valence-electron chi connectivity index (χ1n) is 7.92. The van der Waals surface area contributed by atoms with Gasteiger partial charge in [0.2, 0.25) is 6.79 Å². The van der Waals surface area contributed by atoms with Gasteiger partial charge in [-0.3, -0.25) is 4.79 Å². The van der Waals surface area contributed by atoms with Crippen molar-refractivity contribution in [2.45, 2.75) is 20.5 Å². The molecular formula is C19H18O6. The second-order valence-corrected chi connectivity index (χ2v) is 5.46. The second kappa shape index (κ2) is 7.25. The Morgan fingerprint density at radius 2 is 1.80 bits per heavy atom. The number of hydrogen-bond acceptors (Lipinski definition) is 6. The van der Waals surface area contributed by atoms with Crippen molar-refractivity contribution in [3.05, 3.63) is 53.1 Å². The van der Waals surface area contributed by atoms with E-state index in [4.69, 9.17) is 18.9 Å². The molecule has 1 aliphatic heterocycles. The van der Waals surface area contributed by atoms with Gasteiger partial charge in [-0.15, -0.1) is 0 Å². The standard InChI is InChI=1S/C19H18O6/c1-3-22-16-6-4-13(12(2)20)8-15(16)10-23-19(21)14-5-7-17-18(9-14)25-11-24-17/h4-9H,3,10-11H2,1-2H3. The third kappa shape index (κ3) is 3.74. The first kappa shape index (κ1) is 16.8. The largest absolute Gasteiger partial charge is 0.493 e. The maximum Gasteiger partial charge on any atom is 0.338 e. The molecule has 0 saturated heterocycles. The van der Waals surface area contributed by atoms with Gasteiger partial charge in [-0.25, -0.2) is 4.79 Å². The van der Waals surface area contributed by atoms with Gasteiger partial charge < -0.3 is 18.9 Å². The molecule has 6 nitrogen and oxygen atoms in total. The van der Waals surface area contributed by atoms with Crippen LogP contribution >= 0.6 is 0 Å². The highest BCUT2D eigenvalue weighted by Gasteiger charge is 2.17. The van der Waals surface area contributed by atoms with Crippen LogP contribution in [0.1, 0.15) is 40.1 Å². The van der Waals surface area contributed by atoms with Gasteiger partial charge in [-0.1, -0.05) is 0 Å². The van der Waals surface area contributed by atoms with E-state index < -0.39 is 5.97 Å². The molecule has 0 bridgehead atoms. The Morgan fingerprint density at radius 1 is 1.04 bits per heavy atom. The molecule has 0 aliphatic carbocycles. The van der Waals surface area contributed by atoms with E-state index in [0.29, 0.717) is 40.5 Å². The molecule has 1 heterocycles. The van der Waals surface area contributed by atoms with Crippen LogP contribution in [0.5, 0.6) is 17.2 Å². The summed E-state index contributed by atoms with van der Waals surface area (Å²) in [5.74, 6) is 1.15. The van der Waals surface area contributed by atoms with Crippen molar-refractivity contribution < 1.29 is 28.5 Å². The van der Waals surface area contributed by atoms with E-state index >= 15 is 0 Å². The molecule has 0 spiro atoms. The lowest BCUT2D eigenvalue weighted by molar-refractivity contribution is 0.0469. The molecule has 0 saturated carbocycles. The second-order valence-electron chi connectivity index (χ2n) is 5.46. The summed E-state index contributed by atoms with van der Waals surface area (Å²) in [5.41, 5.74) is 1.55. The van der Waals surface area contributed by atoms with E-state index in [1.807, 2.05) is 6.92 Å². The fourth-order valence-corrected chi connectivity index (χ4v) is 2.46. The average molecular weight is 342 g/mol. The predicted octanol–water partition coefficient (Wildman–Crippen LogP) is 3.37. The van der Waals surface area contributed by atoms with Gasteiger partial charge in [0, 0.05) is 11.1 Å². The van der Waals surface area contributed by atoms with Crippen molar-refractivity contribution in [1.82, 2.24) is 0 Å². The van der Waals surface area contributed by atoms with Crippen LogP contribution in [0.25, 0.3) is 0 Å². The lowest BCUT2D eigenvalue weighted by Gasteiger charge is -2.12. The third-order valence-corrected chi connectivity index (χ3v) is 3.73. The molecule has 0 unspecified atom stereocenters. The molecule has 3 rings (SSSR count). The van der Waals surface area contributed by atoms with Crippen molar-refractivity contribution in [3.8, 4) is 17.2 Å². The highest BCUT2D eigenvalue weighted by atomic mass is 16.7. The maximum atomic E-state index is 12.3. The lowest BCUT2D eigenvalue weighted by Crippen LogP contribution is -2.07. The van der Waals surface area contributed by atoms with E-state index in [0.717, 1.165) is 0 Å². The van der Waals surface area contributed by atoms with E-state index in [2.05, 4.69) is 0 Å². The van der Waals surface area contributed by atoms with Crippen molar-refractivity contribution >= 4 is 11.8 Å². The molecule has 130 valence electrons. The zero-order valence-electron chi connectivity index (χ0n) is 14.0. The molecule has 0 atom stereocenters. The Bertz CT molecular complexity index is 812. The molecule has 2 aromatic carbocycles. The normalized spacial score (nSPS) is 11.9. The number of fused-ring (bicyclic) bond motifs is 1. The number of Topliss-reactive ketones (excluding diaryl/α,β-unsaturated/α-hetero) is 1. The van der Waals surface area contributed by atoms with E-state index in [1.54, 1.807) is 36.4 Å². The van der Waals surface area contributed by atoms with Gasteiger partial charge in [0.05, 0.1) is 12.2 Å². The Balaban J connectivity index is 1.74. The molecule has 0 N–H and O–H groups in total. The summed E-state index contributed by atoms with van der Waals surface area (Å²) in [4.78, 5) is 23.8. The minimum Gasteiger partial charge on any atom is -0.493 e. The van der Waals surface area contributed by atoms with Crippen molar-refractivity contribution in [2.24, 2.45) is 0 Å². The minimum atomic E-state index is -0.492. The first-order valence-corrected chi connectivity index (χ1v) is 7.92. The lowest BCUT2D eigenvalue weighted by atomic mass is 10.1. The number of benzene rings is 2. The molecular weight excluding hydrogens is 324 g/mol. The Hall–Kier alpha value is -3.02. The summed E-state index contributed by atoms with van der Waals surface area (Å²) in [6.07, 6.45) is 0. The number of esters is 1. The van der Waals surface area contributed by atoms with Gasteiger partial charge in [-0.05, 0) is 50.2 Å². The fourth-order valence-electron chi connectivity index (χ4n) is 2.46. The first-order chi connectivity index (χ1) is 12.1. The molecule has 2 aromatic rings. The van der Waals surface area contributed by atoms with Crippen LogP contribution in [0, 0.1) is 0 Å². The van der Waals surface area contributed by atoms with E-state index in [-0.39, 0.29) is 19.2 Å². The van der Waals surface area contributed by atoms with Crippen LogP contribution in [0.15, 0.2) is 36.4 Å². The molecule has 6 heteroatoms. The number of rotatable bonds is 6. The highest BCUT2D eigenvalue weighted by Crippen LogP contribution is 2.32. The molecule has 0 amide bonds. The Kier molecular flexibility index (Phi) is 4.88. The average Bonchev–Trinajstić information content (AvgIpc) is 3.08. The van der Waals surface area contributed by atoms with E-state index in [1.165, 1.54) is 6.92 Å². The SMILES string of the molecule is CCOc1ccc(C(C)=O)cc1COC(=O)c1ccc2c(c1)OCO2. The summed E-state index contributed by atoms with van der Waals surface area (Å²) >= 11 is 0. The van der Waals surface area contributed by atoms with Crippen LogP contribution in [-0.4, -0.2) is 25.2 Å². The topological polar surface area (TPSA) is 71.1 Å². The maximum absolute atomic E-state index is 12.3. The van der Waals surface area contributed by atoms with Crippen LogP contribution < -0.4 is 14.2 Å². The number of carbonyl (C=O) groups is 2. The van der Waals surface area contributed by atoms with E-state index in [9.17, 15) is 9.59 Å². The van der Waals surface area contributed by atoms with Gasteiger partial charge in [0.1, 0.15) is 12.4 Å². The summed E-state index contributed by atoms with van der Waals surface area (Å²) in [6, 6.07) is 9.95. The number of ether oxygens (including phenoxy) is 4. The van der Waals surface area contributed by atoms with Crippen molar-refractivity contribution in [2.75, 3.05) is 13.4 Å². The zero-order valence-corrected chi connectivity index (χ0v) is 14.0. The smallest absolute Gasteiger partial charge is 0.338 e. The Labute approximate surface area is 145 Å². The number of hydrogen-bond donors (Lipinski definition) is 0. The number of carbonyl (C=O) groups excluding carboxylic acids is 2. The summed E-state index contributed by atoms with van der Waals surface area (Å²) in [6.45, 7) is 3.97. The van der Waals surface area contributed by atoms with Crippen LogP contribution in [-0.2, 0) is 11.3 Å². The van der Waals surface area contributed by atoms with Crippen LogP contribution in [0.2, 0.25) is 0 Å². The summed E-state index contributed by atoms with van der Waals surface area (Å²) in [7, 11) is 0. The fraction of sp³-hybridized carbons (Fsp3) is 0.263.